The largest absolute Gasteiger partial charge is 0.454 e. The van der Waals surface area contributed by atoms with Crippen molar-refractivity contribution in [1.82, 2.24) is 15.5 Å². The average molecular weight is 375 g/mol. The number of rotatable bonds is 6. The fourth-order valence-corrected chi connectivity index (χ4v) is 3.44. The van der Waals surface area contributed by atoms with E-state index in [0.717, 1.165) is 16.2 Å². The minimum atomic E-state index is -0.112. The monoisotopic (exact) mass is 375 g/mol. The van der Waals surface area contributed by atoms with Crippen molar-refractivity contribution >= 4 is 29.0 Å². The summed E-state index contributed by atoms with van der Waals surface area (Å²) in [7, 11) is 0. The van der Waals surface area contributed by atoms with E-state index in [2.05, 4.69) is 15.5 Å². The van der Waals surface area contributed by atoms with Gasteiger partial charge in [-0.15, -0.1) is 21.5 Å². The van der Waals surface area contributed by atoms with E-state index < -0.39 is 0 Å². The Morgan fingerprint density at radius 2 is 2.16 bits per heavy atom. The zero-order chi connectivity index (χ0) is 17.1. The molecule has 3 aromatic rings. The van der Waals surface area contributed by atoms with Crippen LogP contribution in [0.15, 0.2) is 45.4 Å². The van der Waals surface area contributed by atoms with Gasteiger partial charge in [-0.1, -0.05) is 23.9 Å². The van der Waals surface area contributed by atoms with Crippen molar-refractivity contribution in [2.45, 2.75) is 11.8 Å². The van der Waals surface area contributed by atoms with Gasteiger partial charge in [-0.25, -0.2) is 0 Å². The number of thioether (sulfide) groups is 1. The average Bonchev–Trinajstić information content (AvgIpc) is 3.38. The lowest BCUT2D eigenvalue weighted by Gasteiger charge is -2.05. The Bertz CT molecular complexity index is 879. The quantitative estimate of drug-likeness (QED) is 0.663. The van der Waals surface area contributed by atoms with Gasteiger partial charge < -0.3 is 19.2 Å². The second-order valence-electron chi connectivity index (χ2n) is 5.10. The van der Waals surface area contributed by atoms with Gasteiger partial charge in [0.15, 0.2) is 11.5 Å². The van der Waals surface area contributed by atoms with Crippen molar-refractivity contribution in [3.05, 3.63) is 41.3 Å². The third-order valence-electron chi connectivity index (χ3n) is 3.39. The molecule has 1 amide bonds. The maximum Gasteiger partial charge on any atom is 0.277 e. The number of amides is 1. The highest BCUT2D eigenvalue weighted by atomic mass is 32.2. The smallest absolute Gasteiger partial charge is 0.277 e. The second-order valence-corrected chi connectivity index (χ2v) is 6.98. The Labute approximate surface area is 151 Å². The van der Waals surface area contributed by atoms with Gasteiger partial charge in [0.2, 0.25) is 12.7 Å². The highest BCUT2D eigenvalue weighted by Gasteiger charge is 2.14. The molecule has 1 aliphatic rings. The molecular weight excluding hydrogens is 362 g/mol. The molecule has 7 nitrogen and oxygen atoms in total. The van der Waals surface area contributed by atoms with Gasteiger partial charge in [0.25, 0.3) is 11.1 Å². The van der Waals surface area contributed by atoms with Gasteiger partial charge in [0.1, 0.15) is 0 Å². The SMILES string of the molecule is O=C(CSc1nnc(-c2cccs2)o1)NCc1ccc2c(c1)OCO2. The van der Waals surface area contributed by atoms with Crippen molar-refractivity contribution in [1.29, 1.82) is 0 Å². The van der Waals surface area contributed by atoms with Crippen LogP contribution in [0.5, 0.6) is 11.5 Å². The summed E-state index contributed by atoms with van der Waals surface area (Å²) >= 11 is 2.73. The normalized spacial score (nSPS) is 12.3. The fourth-order valence-electron chi connectivity index (χ4n) is 2.20. The fraction of sp³-hybridized carbons (Fsp3) is 0.188. The van der Waals surface area contributed by atoms with Gasteiger partial charge in [-0.05, 0) is 29.1 Å². The van der Waals surface area contributed by atoms with Crippen molar-refractivity contribution in [2.75, 3.05) is 12.5 Å². The molecule has 2 aromatic heterocycles. The number of hydrogen-bond acceptors (Lipinski definition) is 8. The van der Waals surface area contributed by atoms with E-state index in [4.69, 9.17) is 13.9 Å². The Morgan fingerprint density at radius 3 is 3.04 bits per heavy atom. The Balaban J connectivity index is 1.27. The molecule has 0 aliphatic carbocycles. The predicted octanol–water partition coefficient (Wildman–Crippen LogP) is 2.94. The molecule has 1 N–H and O–H groups in total. The van der Waals surface area contributed by atoms with E-state index >= 15 is 0 Å². The molecule has 0 radical (unpaired) electrons. The van der Waals surface area contributed by atoms with Crippen LogP contribution in [0.25, 0.3) is 10.8 Å². The van der Waals surface area contributed by atoms with Crippen LogP contribution in [-0.2, 0) is 11.3 Å². The van der Waals surface area contributed by atoms with E-state index in [1.165, 1.54) is 23.1 Å². The number of nitrogens with one attached hydrogen (secondary N) is 1. The zero-order valence-electron chi connectivity index (χ0n) is 12.9. The summed E-state index contributed by atoms with van der Waals surface area (Å²) in [5, 5.41) is 13.1. The third-order valence-corrected chi connectivity index (χ3v) is 5.07. The van der Waals surface area contributed by atoms with Crippen LogP contribution in [-0.4, -0.2) is 28.7 Å². The minimum Gasteiger partial charge on any atom is -0.454 e. The van der Waals surface area contributed by atoms with E-state index in [0.29, 0.717) is 23.4 Å². The van der Waals surface area contributed by atoms with Crippen LogP contribution in [0.4, 0.5) is 0 Å². The van der Waals surface area contributed by atoms with Crippen LogP contribution in [0.2, 0.25) is 0 Å². The molecule has 0 spiro atoms. The van der Waals surface area contributed by atoms with E-state index in [1.54, 1.807) is 0 Å². The molecule has 0 saturated carbocycles. The van der Waals surface area contributed by atoms with Gasteiger partial charge in [-0.3, -0.25) is 4.79 Å². The number of nitrogens with zero attached hydrogens (tertiary/aromatic N) is 2. The molecule has 9 heteroatoms. The van der Waals surface area contributed by atoms with E-state index in [9.17, 15) is 4.79 Å². The second kappa shape index (κ2) is 7.16. The summed E-state index contributed by atoms with van der Waals surface area (Å²) in [4.78, 5) is 12.9. The topological polar surface area (TPSA) is 86.5 Å². The molecule has 3 heterocycles. The van der Waals surface area contributed by atoms with Crippen molar-refractivity contribution in [3.63, 3.8) is 0 Å². The standard InChI is InChI=1S/C16H13N3O4S2/c20-14(17-7-10-3-4-11-12(6-10)22-9-21-11)8-25-16-19-18-15(23-16)13-2-1-5-24-13/h1-6H,7-9H2,(H,17,20). The maximum atomic E-state index is 12.0. The van der Waals surface area contributed by atoms with Crippen LogP contribution < -0.4 is 14.8 Å². The third kappa shape index (κ3) is 3.77. The van der Waals surface area contributed by atoms with Crippen molar-refractivity contribution in [3.8, 4) is 22.3 Å². The van der Waals surface area contributed by atoms with Crippen LogP contribution in [0.1, 0.15) is 5.56 Å². The first kappa shape index (κ1) is 16.0. The first-order chi connectivity index (χ1) is 12.3. The summed E-state index contributed by atoms with van der Waals surface area (Å²) < 4.78 is 16.1. The van der Waals surface area contributed by atoms with Gasteiger partial charge in [0.05, 0.1) is 10.6 Å². The summed E-state index contributed by atoms with van der Waals surface area (Å²) in [5.41, 5.74) is 0.945. The lowest BCUT2D eigenvalue weighted by atomic mass is 10.2. The van der Waals surface area contributed by atoms with Gasteiger partial charge in [-0.2, -0.15) is 0 Å². The molecule has 0 atom stereocenters. The number of thiophene rings is 1. The molecule has 25 heavy (non-hydrogen) atoms. The van der Waals surface area contributed by atoms with Gasteiger partial charge in [0, 0.05) is 6.54 Å². The minimum absolute atomic E-state index is 0.112. The molecule has 0 saturated heterocycles. The maximum absolute atomic E-state index is 12.0. The summed E-state index contributed by atoms with van der Waals surface area (Å²) in [6.07, 6.45) is 0. The Kier molecular flexibility index (Phi) is 4.57. The highest BCUT2D eigenvalue weighted by molar-refractivity contribution is 7.99. The van der Waals surface area contributed by atoms with Crippen LogP contribution in [0.3, 0.4) is 0 Å². The van der Waals surface area contributed by atoms with Crippen LogP contribution in [0, 0.1) is 0 Å². The lowest BCUT2D eigenvalue weighted by molar-refractivity contribution is -0.118. The first-order valence-corrected chi connectivity index (χ1v) is 9.30. The zero-order valence-corrected chi connectivity index (χ0v) is 14.6. The van der Waals surface area contributed by atoms with E-state index in [1.807, 2.05) is 35.7 Å². The first-order valence-electron chi connectivity index (χ1n) is 7.43. The Morgan fingerprint density at radius 1 is 1.24 bits per heavy atom. The number of carbonyl (C=O) groups excluding carboxylic acids is 1. The molecule has 4 rings (SSSR count). The summed E-state index contributed by atoms with van der Waals surface area (Å²) in [6, 6.07) is 9.42. The predicted molar refractivity (Wildman–Crippen MR) is 92.7 cm³/mol. The summed E-state index contributed by atoms with van der Waals surface area (Å²) in [5.74, 6) is 1.99. The van der Waals surface area contributed by atoms with Crippen molar-refractivity contribution < 1.29 is 18.7 Å². The van der Waals surface area contributed by atoms with Gasteiger partial charge >= 0.3 is 0 Å². The summed E-state index contributed by atoms with van der Waals surface area (Å²) in [6.45, 7) is 0.653. The van der Waals surface area contributed by atoms with Crippen LogP contribution >= 0.6 is 23.1 Å². The molecule has 1 aliphatic heterocycles. The molecule has 1 aromatic carbocycles. The lowest BCUT2D eigenvalue weighted by Crippen LogP contribution is -2.24. The molecule has 0 fully saturated rings. The molecular formula is C16H13N3O4S2. The van der Waals surface area contributed by atoms with Crippen molar-refractivity contribution in [2.24, 2.45) is 0 Å². The number of aromatic nitrogens is 2. The number of fused-ring (bicyclic) bond motifs is 1. The number of hydrogen-bond donors (Lipinski definition) is 1. The molecule has 0 bridgehead atoms. The number of carbonyl (C=O) groups is 1. The number of ether oxygens (including phenoxy) is 2. The number of benzene rings is 1. The molecule has 0 unspecified atom stereocenters. The van der Waals surface area contributed by atoms with E-state index in [-0.39, 0.29) is 18.5 Å². The Hall–Kier alpha value is -2.52. The highest BCUT2D eigenvalue weighted by Crippen LogP contribution is 2.32. The molecule has 128 valence electrons.